The van der Waals surface area contributed by atoms with E-state index in [0.717, 1.165) is 28.8 Å². The van der Waals surface area contributed by atoms with Crippen LogP contribution in [-0.2, 0) is 17.9 Å². The highest BCUT2D eigenvalue weighted by atomic mass is 32.1. The van der Waals surface area contributed by atoms with Crippen LogP contribution in [0.2, 0.25) is 0 Å². The highest BCUT2D eigenvalue weighted by Crippen LogP contribution is 2.29. The Morgan fingerprint density at radius 3 is 2.87 bits per heavy atom. The Balaban J connectivity index is 1.43. The molecule has 1 saturated heterocycles. The summed E-state index contributed by atoms with van der Waals surface area (Å²) in [5.41, 5.74) is 2.86. The van der Waals surface area contributed by atoms with Gasteiger partial charge in [0.05, 0.1) is 33.4 Å². The number of hydrogen-bond donors (Lipinski definition) is 2. The summed E-state index contributed by atoms with van der Waals surface area (Å²) in [6.07, 6.45) is 2.16. The number of benzene rings is 1. The molecule has 1 unspecified atom stereocenters. The minimum Gasteiger partial charge on any atom is -0.334 e. The van der Waals surface area contributed by atoms with Crippen molar-refractivity contribution in [1.82, 2.24) is 30.0 Å². The van der Waals surface area contributed by atoms with E-state index in [1.165, 1.54) is 17.4 Å². The van der Waals surface area contributed by atoms with E-state index in [-0.39, 0.29) is 24.4 Å². The van der Waals surface area contributed by atoms with E-state index in [2.05, 4.69) is 27.4 Å². The summed E-state index contributed by atoms with van der Waals surface area (Å²) in [6.45, 7) is 4.56. The highest BCUT2D eigenvalue weighted by molar-refractivity contribution is 7.17. The monoisotopic (exact) mass is 551 g/mol. The van der Waals surface area contributed by atoms with E-state index in [9.17, 15) is 18.4 Å². The van der Waals surface area contributed by atoms with Crippen LogP contribution in [0.4, 0.5) is 14.7 Å². The van der Waals surface area contributed by atoms with Crippen molar-refractivity contribution in [2.75, 3.05) is 18.4 Å². The number of nitrogens with zero attached hydrogens (tertiary/aromatic N) is 5. The van der Waals surface area contributed by atoms with Crippen molar-refractivity contribution in [3.05, 3.63) is 71.8 Å². The summed E-state index contributed by atoms with van der Waals surface area (Å²) < 4.78 is 27.0. The Morgan fingerprint density at radius 2 is 2.10 bits per heavy atom. The highest BCUT2D eigenvalue weighted by Gasteiger charge is 2.29. The first kappa shape index (κ1) is 26.6. The third kappa shape index (κ3) is 6.02. The Bertz CT molecular complexity index is 1490. The number of nitrogens with one attached hydrogen (secondary N) is 2. The van der Waals surface area contributed by atoms with Gasteiger partial charge in [0.15, 0.2) is 0 Å². The maximum atomic E-state index is 13.3. The van der Waals surface area contributed by atoms with Gasteiger partial charge in [-0.1, -0.05) is 12.6 Å². The number of fused-ring (bicyclic) bond motifs is 1. The molecule has 0 radical (unpaired) electrons. The van der Waals surface area contributed by atoms with Gasteiger partial charge in [0.25, 0.3) is 12.3 Å². The van der Waals surface area contributed by atoms with E-state index < -0.39 is 13.0 Å². The number of anilines is 1. The number of carbonyl (C=O) groups is 2. The third-order valence-corrected chi connectivity index (χ3v) is 7.65. The van der Waals surface area contributed by atoms with Gasteiger partial charge in [-0.3, -0.25) is 14.9 Å². The number of aromatic nitrogens is 4. The second kappa shape index (κ2) is 11.8. The molecule has 202 valence electrons. The zero-order valence-electron chi connectivity index (χ0n) is 21.0. The molecule has 2 N–H and O–H groups in total. The topological polar surface area (TPSA) is 105 Å². The van der Waals surface area contributed by atoms with E-state index in [1.807, 2.05) is 34.9 Å². The molecular weight excluding hydrogens is 524 g/mol. The second-order valence-electron chi connectivity index (χ2n) is 9.15. The lowest BCUT2D eigenvalue weighted by Crippen LogP contribution is -2.37. The summed E-state index contributed by atoms with van der Waals surface area (Å²) in [7, 11) is 0. The Morgan fingerprint density at radius 1 is 1.23 bits per heavy atom. The molecule has 39 heavy (non-hydrogen) atoms. The van der Waals surface area contributed by atoms with Gasteiger partial charge in [-0.2, -0.15) is 5.10 Å². The molecule has 12 heteroatoms. The Kier molecular flexibility index (Phi) is 8.03. The number of thiophene rings is 1. The van der Waals surface area contributed by atoms with Crippen LogP contribution in [0.1, 0.15) is 28.1 Å². The molecule has 0 aliphatic carbocycles. The van der Waals surface area contributed by atoms with Crippen molar-refractivity contribution in [3.63, 3.8) is 0 Å². The summed E-state index contributed by atoms with van der Waals surface area (Å²) in [6, 6.07) is 12.6. The number of rotatable bonds is 10. The third-order valence-electron chi connectivity index (χ3n) is 6.55. The smallest absolute Gasteiger partial charge is 0.268 e. The number of carbonyl (C=O) groups excluding carboxylic acids is 2. The molecule has 0 bridgehead atoms. The summed E-state index contributed by atoms with van der Waals surface area (Å²) in [5, 5.41) is 13.7. The number of likely N-dealkylation sites (tertiary alicyclic amines) is 1. The van der Waals surface area contributed by atoms with Crippen LogP contribution >= 0.6 is 11.3 Å². The molecule has 2 amide bonds. The zero-order chi connectivity index (χ0) is 27.4. The van der Waals surface area contributed by atoms with E-state index in [1.54, 1.807) is 23.2 Å². The standard InChI is InChI=1S/C27H27F2N7O2S/c1-2-25(37)35-12-4-5-18(35)16-36-21-8-7-17(14-30-15-24(28)29)13-20(21)32-27(36)33-26(38)23-10-9-22(39-23)19-6-3-11-31-34-19/h2-3,6-11,13,18,24,30H,1,4-5,12,14-16H2,(H,32,33,38). The van der Waals surface area contributed by atoms with Crippen LogP contribution in [0, 0.1) is 0 Å². The first-order valence-electron chi connectivity index (χ1n) is 12.5. The van der Waals surface area contributed by atoms with Gasteiger partial charge in [0, 0.05) is 25.8 Å². The quantitative estimate of drug-likeness (QED) is 0.284. The average molecular weight is 552 g/mol. The summed E-state index contributed by atoms with van der Waals surface area (Å²) in [5.74, 6) is -0.106. The predicted octanol–water partition coefficient (Wildman–Crippen LogP) is 4.34. The molecule has 5 rings (SSSR count). The maximum absolute atomic E-state index is 13.3. The number of hydrogen-bond acceptors (Lipinski definition) is 7. The van der Waals surface area contributed by atoms with Crippen LogP contribution in [0.5, 0.6) is 0 Å². The van der Waals surface area contributed by atoms with E-state index >= 15 is 0 Å². The molecule has 1 aliphatic rings. The molecule has 0 saturated carbocycles. The van der Waals surface area contributed by atoms with Crippen molar-refractivity contribution >= 4 is 40.1 Å². The molecule has 1 aromatic carbocycles. The lowest BCUT2D eigenvalue weighted by Gasteiger charge is -2.24. The van der Waals surface area contributed by atoms with E-state index in [0.29, 0.717) is 35.1 Å². The minimum atomic E-state index is -2.44. The molecule has 4 aromatic rings. The van der Waals surface area contributed by atoms with Crippen LogP contribution in [0.25, 0.3) is 21.6 Å². The maximum Gasteiger partial charge on any atom is 0.268 e. The van der Waals surface area contributed by atoms with Gasteiger partial charge in [0.2, 0.25) is 11.9 Å². The predicted molar refractivity (Wildman–Crippen MR) is 146 cm³/mol. The number of imidazole rings is 1. The summed E-state index contributed by atoms with van der Waals surface area (Å²) >= 11 is 1.30. The zero-order valence-corrected chi connectivity index (χ0v) is 21.8. The Labute approximate surface area is 227 Å². The molecule has 1 aliphatic heterocycles. The molecule has 9 nitrogen and oxygen atoms in total. The van der Waals surface area contributed by atoms with Crippen LogP contribution in [-0.4, -0.2) is 62.0 Å². The van der Waals surface area contributed by atoms with Crippen molar-refractivity contribution in [3.8, 4) is 10.6 Å². The fraction of sp³-hybridized carbons (Fsp3) is 0.296. The van der Waals surface area contributed by atoms with E-state index in [4.69, 9.17) is 4.98 Å². The first-order valence-corrected chi connectivity index (χ1v) is 13.3. The second-order valence-corrected chi connectivity index (χ2v) is 10.2. The molecule has 3 aromatic heterocycles. The van der Waals surface area contributed by atoms with Crippen molar-refractivity contribution in [2.24, 2.45) is 0 Å². The van der Waals surface area contributed by atoms with Crippen LogP contribution in [0.15, 0.2) is 61.3 Å². The molecule has 1 atom stereocenters. The normalized spacial score (nSPS) is 15.3. The molecule has 1 fully saturated rings. The van der Waals surface area contributed by atoms with Gasteiger partial charge in [0.1, 0.15) is 5.69 Å². The molecular formula is C27H27F2N7O2S. The average Bonchev–Trinajstić information content (AvgIpc) is 3.68. The molecule has 4 heterocycles. The number of halogens is 2. The summed E-state index contributed by atoms with van der Waals surface area (Å²) in [4.78, 5) is 33.5. The lowest BCUT2D eigenvalue weighted by atomic mass is 10.2. The molecule has 0 spiro atoms. The van der Waals surface area contributed by atoms with Crippen molar-refractivity contribution < 1.29 is 18.4 Å². The fourth-order valence-corrected chi connectivity index (χ4v) is 5.59. The SMILES string of the molecule is C=CC(=O)N1CCCC1Cn1c(NC(=O)c2ccc(-c3cccnn3)s2)nc2cc(CNCC(F)F)ccc21. The van der Waals surface area contributed by atoms with Gasteiger partial charge in [-0.15, -0.1) is 16.4 Å². The van der Waals surface area contributed by atoms with Crippen molar-refractivity contribution in [1.29, 1.82) is 0 Å². The first-order chi connectivity index (χ1) is 18.9. The lowest BCUT2D eigenvalue weighted by molar-refractivity contribution is -0.126. The largest absolute Gasteiger partial charge is 0.334 e. The van der Waals surface area contributed by atoms with Crippen LogP contribution < -0.4 is 10.6 Å². The minimum absolute atomic E-state index is 0.0825. The van der Waals surface area contributed by atoms with Crippen LogP contribution in [0.3, 0.4) is 0 Å². The van der Waals surface area contributed by atoms with Gasteiger partial charge in [-0.05, 0) is 60.9 Å². The number of alkyl halides is 2. The van der Waals surface area contributed by atoms with Crippen molar-refractivity contribution in [2.45, 2.75) is 38.4 Å². The van der Waals surface area contributed by atoms with Gasteiger partial charge < -0.3 is 14.8 Å². The van der Waals surface area contributed by atoms with Gasteiger partial charge >= 0.3 is 0 Å². The Hall–Kier alpha value is -4.03. The number of amides is 2. The van der Waals surface area contributed by atoms with Gasteiger partial charge in [-0.25, -0.2) is 13.8 Å². The fourth-order valence-electron chi connectivity index (χ4n) is 4.73.